The second-order valence-electron chi connectivity index (χ2n) is 5.34. The zero-order valence-electron chi connectivity index (χ0n) is 12.9. The van der Waals surface area contributed by atoms with E-state index in [1.54, 1.807) is 10.6 Å². The van der Waals surface area contributed by atoms with E-state index < -0.39 is 0 Å². The van der Waals surface area contributed by atoms with E-state index in [2.05, 4.69) is 6.07 Å². The topological polar surface area (TPSA) is 64.0 Å². The molecule has 0 bridgehead atoms. The maximum Gasteiger partial charge on any atom is 0.224 e. The standard InChI is InChI=1S/C19H17N3O/c1-14-7-5-6-10-18(14)23-19-17(21)11-16(12-20)22(19)13-15-8-3-2-4-9-15/h2-11H,13,21H2,1H3. The normalized spacial score (nSPS) is 10.3. The summed E-state index contributed by atoms with van der Waals surface area (Å²) in [5, 5.41) is 9.37. The van der Waals surface area contributed by atoms with Crippen LogP contribution in [0.4, 0.5) is 5.69 Å². The van der Waals surface area contributed by atoms with Crippen LogP contribution in [0.5, 0.6) is 11.6 Å². The van der Waals surface area contributed by atoms with Crippen LogP contribution in [-0.2, 0) is 6.54 Å². The Bertz CT molecular complexity index is 860. The number of rotatable bonds is 4. The monoisotopic (exact) mass is 303 g/mol. The molecule has 2 aromatic carbocycles. The number of hydrogen-bond donors (Lipinski definition) is 1. The number of aryl methyl sites for hydroxylation is 1. The van der Waals surface area contributed by atoms with Gasteiger partial charge >= 0.3 is 0 Å². The van der Waals surface area contributed by atoms with Crippen molar-refractivity contribution in [3.63, 3.8) is 0 Å². The minimum absolute atomic E-state index is 0.459. The molecule has 0 aliphatic carbocycles. The first-order chi connectivity index (χ1) is 11.2. The number of anilines is 1. The lowest BCUT2D eigenvalue weighted by Crippen LogP contribution is -2.05. The largest absolute Gasteiger partial charge is 0.438 e. The van der Waals surface area contributed by atoms with Crippen LogP contribution in [0.2, 0.25) is 0 Å². The van der Waals surface area contributed by atoms with E-state index in [4.69, 9.17) is 10.5 Å². The predicted octanol–water partition coefficient (Wildman–Crippen LogP) is 4.09. The zero-order valence-corrected chi connectivity index (χ0v) is 12.9. The number of para-hydroxylation sites is 1. The molecule has 0 unspecified atom stereocenters. The van der Waals surface area contributed by atoms with Crippen LogP contribution >= 0.6 is 0 Å². The predicted molar refractivity (Wildman–Crippen MR) is 90.4 cm³/mol. The molecule has 1 aromatic heterocycles. The van der Waals surface area contributed by atoms with E-state index in [-0.39, 0.29) is 0 Å². The number of nitrogens with zero attached hydrogens (tertiary/aromatic N) is 2. The van der Waals surface area contributed by atoms with Crippen LogP contribution in [0.1, 0.15) is 16.8 Å². The van der Waals surface area contributed by atoms with E-state index >= 15 is 0 Å². The lowest BCUT2D eigenvalue weighted by Gasteiger charge is -2.13. The van der Waals surface area contributed by atoms with Gasteiger partial charge in [0, 0.05) is 6.07 Å². The number of ether oxygens (including phenoxy) is 1. The molecular weight excluding hydrogens is 286 g/mol. The van der Waals surface area contributed by atoms with Gasteiger partial charge in [-0.1, -0.05) is 48.5 Å². The Morgan fingerprint density at radius 1 is 1.09 bits per heavy atom. The number of benzene rings is 2. The highest BCUT2D eigenvalue weighted by molar-refractivity contribution is 5.57. The van der Waals surface area contributed by atoms with Crippen molar-refractivity contribution in [3.05, 3.63) is 77.5 Å². The quantitative estimate of drug-likeness (QED) is 0.789. The molecule has 23 heavy (non-hydrogen) atoms. The van der Waals surface area contributed by atoms with Crippen molar-refractivity contribution in [1.82, 2.24) is 4.57 Å². The van der Waals surface area contributed by atoms with E-state index in [0.717, 1.165) is 16.9 Å². The molecule has 0 aliphatic heterocycles. The molecule has 3 aromatic rings. The van der Waals surface area contributed by atoms with Crippen LogP contribution in [0.25, 0.3) is 0 Å². The Morgan fingerprint density at radius 2 is 1.78 bits per heavy atom. The van der Waals surface area contributed by atoms with Gasteiger partial charge in [0.05, 0.1) is 12.2 Å². The van der Waals surface area contributed by atoms with Gasteiger partial charge in [-0.2, -0.15) is 5.26 Å². The maximum atomic E-state index is 9.37. The van der Waals surface area contributed by atoms with Gasteiger partial charge < -0.3 is 10.5 Å². The van der Waals surface area contributed by atoms with Gasteiger partial charge in [0.2, 0.25) is 5.88 Å². The Balaban J connectivity index is 2.01. The number of nitrogen functional groups attached to an aromatic ring is 1. The van der Waals surface area contributed by atoms with Gasteiger partial charge in [-0.15, -0.1) is 0 Å². The van der Waals surface area contributed by atoms with Gasteiger partial charge in [0.25, 0.3) is 0 Å². The molecule has 0 aliphatic rings. The lowest BCUT2D eigenvalue weighted by atomic mass is 10.2. The number of nitrogens with two attached hydrogens (primary N) is 1. The first kappa shape index (κ1) is 14.7. The van der Waals surface area contributed by atoms with Crippen molar-refractivity contribution in [2.75, 3.05) is 5.73 Å². The second-order valence-corrected chi connectivity index (χ2v) is 5.34. The molecule has 2 N–H and O–H groups in total. The van der Waals surface area contributed by atoms with Gasteiger partial charge in [0.1, 0.15) is 17.5 Å². The Kier molecular flexibility index (Phi) is 4.03. The third kappa shape index (κ3) is 3.04. The van der Waals surface area contributed by atoms with E-state index in [0.29, 0.717) is 23.8 Å². The van der Waals surface area contributed by atoms with Gasteiger partial charge in [-0.05, 0) is 24.1 Å². The van der Waals surface area contributed by atoms with Crippen molar-refractivity contribution in [2.24, 2.45) is 0 Å². The molecular formula is C19H17N3O. The van der Waals surface area contributed by atoms with Crippen LogP contribution in [0.3, 0.4) is 0 Å². The van der Waals surface area contributed by atoms with Crippen molar-refractivity contribution in [1.29, 1.82) is 5.26 Å². The summed E-state index contributed by atoms with van der Waals surface area (Å²) in [5.41, 5.74) is 9.10. The highest BCUT2D eigenvalue weighted by atomic mass is 16.5. The van der Waals surface area contributed by atoms with E-state index in [9.17, 15) is 5.26 Å². The average molecular weight is 303 g/mol. The third-order valence-corrected chi connectivity index (χ3v) is 3.67. The smallest absolute Gasteiger partial charge is 0.224 e. The fraction of sp³-hybridized carbons (Fsp3) is 0.105. The number of hydrogen-bond acceptors (Lipinski definition) is 3. The summed E-state index contributed by atoms with van der Waals surface area (Å²) in [5.74, 6) is 1.23. The molecule has 0 amide bonds. The number of aromatic nitrogens is 1. The Hall–Kier alpha value is -3.19. The minimum atomic E-state index is 0.459. The van der Waals surface area contributed by atoms with Gasteiger partial charge in [0.15, 0.2) is 0 Å². The molecule has 3 rings (SSSR count). The van der Waals surface area contributed by atoms with Gasteiger partial charge in [-0.3, -0.25) is 4.57 Å². The van der Waals surface area contributed by atoms with E-state index in [1.165, 1.54) is 0 Å². The second kappa shape index (κ2) is 6.29. The SMILES string of the molecule is Cc1ccccc1Oc1c(N)cc(C#N)n1Cc1ccccc1. The molecule has 114 valence electrons. The Morgan fingerprint density at radius 3 is 2.48 bits per heavy atom. The summed E-state index contributed by atoms with van der Waals surface area (Å²) in [7, 11) is 0. The highest BCUT2D eigenvalue weighted by Crippen LogP contribution is 2.33. The van der Waals surface area contributed by atoms with Crippen LogP contribution in [0.15, 0.2) is 60.7 Å². The summed E-state index contributed by atoms with van der Waals surface area (Å²) >= 11 is 0. The summed E-state index contributed by atoms with van der Waals surface area (Å²) in [6.45, 7) is 2.50. The van der Waals surface area contributed by atoms with Crippen LogP contribution < -0.4 is 10.5 Å². The molecule has 0 atom stereocenters. The van der Waals surface area contributed by atoms with Crippen molar-refractivity contribution < 1.29 is 4.74 Å². The fourth-order valence-electron chi connectivity index (χ4n) is 2.46. The average Bonchev–Trinajstić information content (AvgIpc) is 2.86. The molecule has 0 spiro atoms. The molecule has 0 saturated heterocycles. The summed E-state index contributed by atoms with van der Waals surface area (Å²) in [4.78, 5) is 0. The summed E-state index contributed by atoms with van der Waals surface area (Å²) in [6, 6.07) is 21.5. The Labute approximate surface area is 135 Å². The van der Waals surface area contributed by atoms with Crippen molar-refractivity contribution in [3.8, 4) is 17.7 Å². The molecule has 4 nitrogen and oxygen atoms in total. The summed E-state index contributed by atoms with van der Waals surface area (Å²) in [6.07, 6.45) is 0. The van der Waals surface area contributed by atoms with Crippen LogP contribution in [0, 0.1) is 18.3 Å². The van der Waals surface area contributed by atoms with Crippen molar-refractivity contribution in [2.45, 2.75) is 13.5 Å². The fourth-order valence-corrected chi connectivity index (χ4v) is 2.46. The third-order valence-electron chi connectivity index (χ3n) is 3.67. The van der Waals surface area contributed by atoms with E-state index in [1.807, 2.05) is 61.5 Å². The first-order valence-electron chi connectivity index (χ1n) is 7.35. The number of nitriles is 1. The molecule has 0 radical (unpaired) electrons. The van der Waals surface area contributed by atoms with Gasteiger partial charge in [-0.25, -0.2) is 0 Å². The molecule has 4 heteroatoms. The maximum absolute atomic E-state index is 9.37. The first-order valence-corrected chi connectivity index (χ1v) is 7.35. The van der Waals surface area contributed by atoms with Crippen molar-refractivity contribution >= 4 is 5.69 Å². The molecule has 0 saturated carbocycles. The highest BCUT2D eigenvalue weighted by Gasteiger charge is 2.16. The zero-order chi connectivity index (χ0) is 16.2. The van der Waals surface area contributed by atoms with Crippen LogP contribution in [-0.4, -0.2) is 4.57 Å². The lowest BCUT2D eigenvalue weighted by molar-refractivity contribution is 0.434. The summed E-state index contributed by atoms with van der Waals surface area (Å²) < 4.78 is 7.82. The minimum Gasteiger partial charge on any atom is -0.438 e. The molecule has 1 heterocycles. The molecule has 0 fully saturated rings.